The number of anilines is 1. The molecule has 8 nitrogen and oxygen atoms in total. The van der Waals surface area contributed by atoms with Gasteiger partial charge in [-0.1, -0.05) is 12.1 Å². The number of aliphatic imine (C=N–C) groups is 1. The summed E-state index contributed by atoms with van der Waals surface area (Å²) in [4.78, 5) is 20.2. The van der Waals surface area contributed by atoms with Crippen molar-refractivity contribution < 1.29 is 14.3 Å². The average Bonchev–Trinajstić information content (AvgIpc) is 2.73. The number of amides is 1. The monoisotopic (exact) mass is 399 g/mol. The summed E-state index contributed by atoms with van der Waals surface area (Å²) >= 11 is 0. The maximum Gasteiger partial charge on any atom is 0.243 e. The predicted molar refractivity (Wildman–Crippen MR) is 114 cm³/mol. The summed E-state index contributed by atoms with van der Waals surface area (Å²) in [6, 6.07) is 9.59. The minimum Gasteiger partial charge on any atom is -0.491 e. The first kappa shape index (κ1) is 22.2. The van der Waals surface area contributed by atoms with E-state index in [2.05, 4.69) is 25.9 Å². The molecule has 0 aliphatic rings. The van der Waals surface area contributed by atoms with Crippen LogP contribution < -0.4 is 20.7 Å². The number of hydrogen-bond acceptors (Lipinski definition) is 5. The number of hydrogen-bond donors (Lipinski definition) is 3. The number of pyridine rings is 1. The van der Waals surface area contributed by atoms with E-state index in [1.807, 2.05) is 32.0 Å². The molecular formula is C21H29N5O3. The fourth-order valence-corrected chi connectivity index (χ4v) is 2.50. The number of aryl methyl sites for hydroxylation is 1. The SMILES string of the molecule is CCOCCOc1cc(C)ccc1CNC(=NC)NCC(=O)Nc1cccnc1. The van der Waals surface area contributed by atoms with E-state index in [-0.39, 0.29) is 12.5 Å². The van der Waals surface area contributed by atoms with Crippen molar-refractivity contribution in [2.45, 2.75) is 20.4 Å². The van der Waals surface area contributed by atoms with Gasteiger partial charge in [-0.3, -0.25) is 14.8 Å². The Balaban J connectivity index is 1.84. The molecule has 8 heteroatoms. The van der Waals surface area contributed by atoms with E-state index in [1.54, 1.807) is 31.6 Å². The number of nitrogens with zero attached hydrogens (tertiary/aromatic N) is 2. The summed E-state index contributed by atoms with van der Waals surface area (Å²) in [6.45, 7) is 6.28. The molecule has 0 unspecified atom stereocenters. The van der Waals surface area contributed by atoms with Crippen molar-refractivity contribution >= 4 is 17.6 Å². The van der Waals surface area contributed by atoms with Crippen LogP contribution in [0.15, 0.2) is 47.7 Å². The Labute approximate surface area is 171 Å². The molecule has 0 bridgehead atoms. The standard InChI is InChI=1S/C21H29N5O3/c1-4-28-10-11-29-19-12-16(2)7-8-17(19)13-24-21(22-3)25-15-20(27)26-18-6-5-9-23-14-18/h5-9,12,14H,4,10-11,13,15H2,1-3H3,(H,26,27)(H2,22,24,25). The van der Waals surface area contributed by atoms with E-state index in [0.29, 0.717) is 38.0 Å². The summed E-state index contributed by atoms with van der Waals surface area (Å²) in [5.41, 5.74) is 2.76. The third-order valence-electron chi connectivity index (χ3n) is 3.94. The highest BCUT2D eigenvalue weighted by molar-refractivity contribution is 5.94. The molecular weight excluding hydrogens is 370 g/mol. The second-order valence-electron chi connectivity index (χ2n) is 6.23. The highest BCUT2D eigenvalue weighted by Gasteiger charge is 2.08. The predicted octanol–water partition coefficient (Wildman–Crippen LogP) is 2.11. The smallest absolute Gasteiger partial charge is 0.243 e. The van der Waals surface area contributed by atoms with Gasteiger partial charge in [-0.2, -0.15) is 0 Å². The van der Waals surface area contributed by atoms with Crippen molar-refractivity contribution in [1.29, 1.82) is 0 Å². The summed E-state index contributed by atoms with van der Waals surface area (Å²) in [5.74, 6) is 1.14. The third-order valence-corrected chi connectivity index (χ3v) is 3.94. The van der Waals surface area contributed by atoms with Gasteiger partial charge in [0.05, 0.1) is 25.0 Å². The van der Waals surface area contributed by atoms with Crippen LogP contribution in [0.1, 0.15) is 18.1 Å². The van der Waals surface area contributed by atoms with Gasteiger partial charge in [-0.05, 0) is 37.6 Å². The molecule has 2 aromatic rings. The zero-order valence-corrected chi connectivity index (χ0v) is 17.2. The van der Waals surface area contributed by atoms with Crippen molar-refractivity contribution in [1.82, 2.24) is 15.6 Å². The van der Waals surface area contributed by atoms with Gasteiger partial charge in [0.1, 0.15) is 12.4 Å². The lowest BCUT2D eigenvalue weighted by Gasteiger charge is -2.15. The zero-order valence-electron chi connectivity index (χ0n) is 17.2. The number of rotatable bonds is 10. The normalized spacial score (nSPS) is 11.1. The summed E-state index contributed by atoms with van der Waals surface area (Å²) < 4.78 is 11.2. The lowest BCUT2D eigenvalue weighted by atomic mass is 10.1. The van der Waals surface area contributed by atoms with Gasteiger partial charge in [0.2, 0.25) is 5.91 Å². The number of guanidine groups is 1. The minimum absolute atomic E-state index is 0.0835. The van der Waals surface area contributed by atoms with Gasteiger partial charge in [0.15, 0.2) is 5.96 Å². The van der Waals surface area contributed by atoms with E-state index in [9.17, 15) is 4.79 Å². The zero-order chi connectivity index (χ0) is 20.9. The van der Waals surface area contributed by atoms with Crippen LogP contribution in [0, 0.1) is 6.92 Å². The van der Waals surface area contributed by atoms with Crippen LogP contribution in [0.2, 0.25) is 0 Å². The number of nitrogens with one attached hydrogen (secondary N) is 3. The third kappa shape index (κ3) is 8.18. The Hall–Kier alpha value is -3.13. The van der Waals surface area contributed by atoms with E-state index < -0.39 is 0 Å². The first-order valence-electron chi connectivity index (χ1n) is 9.56. The Kier molecular flexibility index (Phi) is 9.44. The molecule has 3 N–H and O–H groups in total. The summed E-state index contributed by atoms with van der Waals surface area (Å²) in [7, 11) is 1.66. The molecule has 0 spiro atoms. The maximum atomic E-state index is 12.1. The summed E-state index contributed by atoms with van der Waals surface area (Å²) in [6.07, 6.45) is 3.25. The number of benzene rings is 1. The maximum absolute atomic E-state index is 12.1. The molecule has 1 heterocycles. The first-order chi connectivity index (χ1) is 14.1. The van der Waals surface area contributed by atoms with Crippen molar-refractivity contribution in [2.24, 2.45) is 4.99 Å². The lowest BCUT2D eigenvalue weighted by Crippen LogP contribution is -2.41. The van der Waals surface area contributed by atoms with Crippen LogP contribution in [0.25, 0.3) is 0 Å². The molecule has 0 saturated carbocycles. The van der Waals surface area contributed by atoms with E-state index in [0.717, 1.165) is 16.9 Å². The Morgan fingerprint density at radius 2 is 2.07 bits per heavy atom. The number of ether oxygens (including phenoxy) is 2. The molecule has 0 radical (unpaired) electrons. The first-order valence-corrected chi connectivity index (χ1v) is 9.56. The van der Waals surface area contributed by atoms with Crippen LogP contribution in [-0.4, -0.2) is 50.3 Å². The van der Waals surface area contributed by atoms with Crippen LogP contribution in [0.4, 0.5) is 5.69 Å². The van der Waals surface area contributed by atoms with Crippen LogP contribution >= 0.6 is 0 Å². The molecule has 1 amide bonds. The highest BCUT2D eigenvalue weighted by atomic mass is 16.5. The van der Waals surface area contributed by atoms with E-state index in [4.69, 9.17) is 9.47 Å². The largest absolute Gasteiger partial charge is 0.491 e. The van der Waals surface area contributed by atoms with Crippen molar-refractivity contribution in [2.75, 3.05) is 38.7 Å². The van der Waals surface area contributed by atoms with Crippen molar-refractivity contribution in [3.8, 4) is 5.75 Å². The molecule has 1 aromatic carbocycles. The van der Waals surface area contributed by atoms with Gasteiger partial charge < -0.3 is 25.4 Å². The molecule has 29 heavy (non-hydrogen) atoms. The number of aromatic nitrogens is 1. The second-order valence-corrected chi connectivity index (χ2v) is 6.23. The second kappa shape index (κ2) is 12.4. The van der Waals surface area contributed by atoms with E-state index in [1.165, 1.54) is 0 Å². The fourth-order valence-electron chi connectivity index (χ4n) is 2.50. The molecule has 0 aliphatic carbocycles. The quantitative estimate of drug-likeness (QED) is 0.322. The Morgan fingerprint density at radius 3 is 2.79 bits per heavy atom. The highest BCUT2D eigenvalue weighted by Crippen LogP contribution is 2.20. The molecule has 2 rings (SSSR count). The van der Waals surface area contributed by atoms with Crippen LogP contribution in [-0.2, 0) is 16.1 Å². The lowest BCUT2D eigenvalue weighted by molar-refractivity contribution is -0.115. The van der Waals surface area contributed by atoms with Gasteiger partial charge in [-0.15, -0.1) is 0 Å². The molecule has 156 valence electrons. The summed E-state index contributed by atoms with van der Waals surface area (Å²) in [5, 5.41) is 8.96. The number of carbonyl (C=O) groups excluding carboxylic acids is 1. The van der Waals surface area contributed by atoms with Crippen LogP contribution in [0.5, 0.6) is 5.75 Å². The van der Waals surface area contributed by atoms with Crippen LogP contribution in [0.3, 0.4) is 0 Å². The Morgan fingerprint density at radius 1 is 1.21 bits per heavy atom. The minimum atomic E-state index is -0.184. The number of carbonyl (C=O) groups is 1. The molecule has 0 atom stereocenters. The van der Waals surface area contributed by atoms with Crippen molar-refractivity contribution in [3.63, 3.8) is 0 Å². The molecule has 1 aromatic heterocycles. The van der Waals surface area contributed by atoms with Gasteiger partial charge in [-0.25, -0.2) is 0 Å². The van der Waals surface area contributed by atoms with Gasteiger partial charge in [0, 0.05) is 32.0 Å². The molecule has 0 saturated heterocycles. The molecule has 0 fully saturated rings. The van der Waals surface area contributed by atoms with E-state index >= 15 is 0 Å². The van der Waals surface area contributed by atoms with Gasteiger partial charge >= 0.3 is 0 Å². The topological polar surface area (TPSA) is 96.9 Å². The van der Waals surface area contributed by atoms with Gasteiger partial charge in [0.25, 0.3) is 0 Å². The molecule has 0 aliphatic heterocycles. The van der Waals surface area contributed by atoms with Crippen molar-refractivity contribution in [3.05, 3.63) is 53.9 Å². The fraction of sp³-hybridized carbons (Fsp3) is 0.381. The Bertz CT molecular complexity index is 796. The average molecular weight is 399 g/mol.